The molecule has 0 aromatic heterocycles. The zero-order chi connectivity index (χ0) is 13.9. The van der Waals surface area contributed by atoms with Crippen molar-refractivity contribution in [3.63, 3.8) is 0 Å². The summed E-state index contributed by atoms with van der Waals surface area (Å²) in [4.78, 5) is 41.3. The number of ether oxygens (including phenoxy) is 2. The van der Waals surface area contributed by atoms with Crippen LogP contribution in [0, 0.1) is 0 Å². The second-order valence-electron chi connectivity index (χ2n) is 3.23. The molecule has 0 heterocycles. The molecule has 0 spiro atoms. The lowest BCUT2D eigenvalue weighted by molar-refractivity contribution is 0.0556. The zero-order valence-electron chi connectivity index (χ0n) is 9.61. The van der Waals surface area contributed by atoms with E-state index >= 15 is 0 Å². The molecule has 8 heteroatoms. The number of rotatable bonds is 3. The quantitative estimate of drug-likeness (QED) is 0.592. The Bertz CT molecular complexity index is 531. The van der Waals surface area contributed by atoms with Gasteiger partial charge in [0, 0.05) is 0 Å². The molecule has 0 saturated carbocycles. The minimum Gasteiger partial charge on any atom is -0.465 e. The highest BCUT2D eigenvalue weighted by atomic mass is 31.2. The van der Waals surface area contributed by atoms with Crippen LogP contribution in [0.1, 0.15) is 20.7 Å². The average molecular weight is 274 g/mol. The highest BCUT2D eigenvalue weighted by Gasteiger charge is 2.30. The van der Waals surface area contributed by atoms with Crippen molar-refractivity contribution in [3.8, 4) is 0 Å². The van der Waals surface area contributed by atoms with Gasteiger partial charge in [-0.1, -0.05) is 6.07 Å². The number of carbonyl (C=O) groups is 2. The molecule has 7 nitrogen and oxygen atoms in total. The highest BCUT2D eigenvalue weighted by molar-refractivity contribution is 7.60. The Morgan fingerprint density at radius 1 is 1.11 bits per heavy atom. The number of esters is 2. The Morgan fingerprint density at radius 2 is 1.67 bits per heavy atom. The predicted octanol–water partition coefficient (Wildman–Crippen LogP) is 0.0628. The molecule has 0 saturated heterocycles. The van der Waals surface area contributed by atoms with E-state index in [0.29, 0.717) is 0 Å². The number of benzene rings is 1. The summed E-state index contributed by atoms with van der Waals surface area (Å²) in [7, 11) is -2.58. The van der Waals surface area contributed by atoms with Gasteiger partial charge in [-0.2, -0.15) is 0 Å². The second-order valence-corrected chi connectivity index (χ2v) is 4.80. The fraction of sp³-hybridized carbons (Fsp3) is 0.200. The Hall–Kier alpha value is -1.69. The third-order valence-corrected chi connectivity index (χ3v) is 3.15. The summed E-state index contributed by atoms with van der Waals surface area (Å²) in [5, 5.41) is -0.572. The fourth-order valence-corrected chi connectivity index (χ4v) is 2.16. The molecule has 0 aliphatic carbocycles. The summed E-state index contributed by atoms with van der Waals surface area (Å²) in [5.74, 6) is -1.90. The van der Waals surface area contributed by atoms with Crippen molar-refractivity contribution in [2.75, 3.05) is 14.2 Å². The second kappa shape index (κ2) is 5.30. The number of carbonyl (C=O) groups excluding carboxylic acids is 2. The first kappa shape index (κ1) is 14.4. The maximum Gasteiger partial charge on any atom is 0.357 e. The first-order valence-electron chi connectivity index (χ1n) is 4.68. The van der Waals surface area contributed by atoms with Crippen LogP contribution in [-0.2, 0) is 14.0 Å². The van der Waals surface area contributed by atoms with Crippen LogP contribution in [0.25, 0.3) is 0 Å². The van der Waals surface area contributed by atoms with E-state index in [1.54, 1.807) is 0 Å². The van der Waals surface area contributed by atoms with Crippen molar-refractivity contribution in [1.29, 1.82) is 0 Å². The van der Waals surface area contributed by atoms with E-state index in [9.17, 15) is 14.2 Å². The van der Waals surface area contributed by atoms with Crippen LogP contribution in [0.4, 0.5) is 0 Å². The van der Waals surface area contributed by atoms with Gasteiger partial charge in [-0.05, 0) is 12.1 Å². The fourth-order valence-electron chi connectivity index (χ4n) is 1.38. The van der Waals surface area contributed by atoms with Gasteiger partial charge < -0.3 is 19.3 Å². The summed E-state index contributed by atoms with van der Waals surface area (Å²) in [6.07, 6.45) is 0. The van der Waals surface area contributed by atoms with Crippen molar-refractivity contribution >= 4 is 24.8 Å². The maximum atomic E-state index is 11.5. The van der Waals surface area contributed by atoms with Crippen molar-refractivity contribution in [1.82, 2.24) is 0 Å². The van der Waals surface area contributed by atoms with Gasteiger partial charge in [0.05, 0.1) is 30.7 Å². The third-order valence-electron chi connectivity index (χ3n) is 2.15. The first-order chi connectivity index (χ1) is 8.32. The van der Waals surface area contributed by atoms with Crippen molar-refractivity contribution in [2.24, 2.45) is 0 Å². The summed E-state index contributed by atoms with van der Waals surface area (Å²) in [6.45, 7) is 0. The summed E-state index contributed by atoms with van der Waals surface area (Å²) in [6, 6.07) is 3.52. The van der Waals surface area contributed by atoms with E-state index in [1.807, 2.05) is 0 Å². The molecular formula is C10H11O7P. The van der Waals surface area contributed by atoms with E-state index in [4.69, 9.17) is 9.79 Å². The molecule has 98 valence electrons. The van der Waals surface area contributed by atoms with E-state index in [-0.39, 0.29) is 5.56 Å². The lowest BCUT2D eigenvalue weighted by atomic mass is 10.1. The third kappa shape index (κ3) is 2.76. The summed E-state index contributed by atoms with van der Waals surface area (Å²) in [5.41, 5.74) is -0.745. The van der Waals surface area contributed by atoms with Crippen molar-refractivity contribution < 1.29 is 33.4 Å². The van der Waals surface area contributed by atoms with Crippen LogP contribution in [0.2, 0.25) is 0 Å². The molecule has 0 bridgehead atoms. The van der Waals surface area contributed by atoms with E-state index in [0.717, 1.165) is 20.3 Å². The van der Waals surface area contributed by atoms with Crippen molar-refractivity contribution in [2.45, 2.75) is 0 Å². The Kier molecular flexibility index (Phi) is 4.24. The molecule has 0 radical (unpaired) electrons. The lowest BCUT2D eigenvalue weighted by Crippen LogP contribution is -2.22. The lowest BCUT2D eigenvalue weighted by Gasteiger charge is -2.12. The van der Waals surface area contributed by atoms with Crippen LogP contribution < -0.4 is 5.30 Å². The van der Waals surface area contributed by atoms with Crippen LogP contribution in [-0.4, -0.2) is 35.9 Å². The van der Waals surface area contributed by atoms with Gasteiger partial charge in [0.25, 0.3) is 0 Å². The molecule has 1 aromatic rings. The molecule has 2 N–H and O–H groups in total. The van der Waals surface area contributed by atoms with Crippen LogP contribution >= 0.6 is 7.60 Å². The van der Waals surface area contributed by atoms with Crippen LogP contribution in [0.15, 0.2) is 18.2 Å². The van der Waals surface area contributed by atoms with Gasteiger partial charge in [-0.3, -0.25) is 4.57 Å². The predicted molar refractivity (Wildman–Crippen MR) is 60.8 cm³/mol. The molecule has 0 amide bonds. The van der Waals surface area contributed by atoms with E-state index in [2.05, 4.69) is 9.47 Å². The standard InChI is InChI=1S/C10H11O7P/c1-16-9(11)6-4-3-5-7(18(13,14)15)8(6)10(12)17-2/h3-5H,1-2H3,(H2,13,14,15). The normalized spacial score (nSPS) is 10.9. The van der Waals surface area contributed by atoms with Gasteiger partial charge >= 0.3 is 19.5 Å². The summed E-state index contributed by atoms with van der Waals surface area (Å²) >= 11 is 0. The molecule has 18 heavy (non-hydrogen) atoms. The number of methoxy groups -OCH3 is 2. The average Bonchev–Trinajstić information content (AvgIpc) is 2.34. The Labute approximate surface area is 102 Å². The minimum absolute atomic E-state index is 0.259. The Morgan fingerprint density at radius 3 is 2.11 bits per heavy atom. The monoisotopic (exact) mass is 274 g/mol. The molecule has 0 aliphatic rings. The van der Waals surface area contributed by atoms with E-state index < -0.39 is 30.4 Å². The molecule has 0 fully saturated rings. The summed E-state index contributed by atoms with van der Waals surface area (Å²) < 4.78 is 20.1. The SMILES string of the molecule is COC(=O)c1cccc(P(=O)(O)O)c1C(=O)OC. The van der Waals surface area contributed by atoms with Gasteiger partial charge in [-0.25, -0.2) is 9.59 Å². The van der Waals surface area contributed by atoms with Crippen LogP contribution in [0.3, 0.4) is 0 Å². The number of hydrogen-bond donors (Lipinski definition) is 2. The maximum absolute atomic E-state index is 11.5. The van der Waals surface area contributed by atoms with Gasteiger partial charge in [-0.15, -0.1) is 0 Å². The molecule has 0 unspecified atom stereocenters. The smallest absolute Gasteiger partial charge is 0.357 e. The molecule has 0 aliphatic heterocycles. The Balaban J connectivity index is 3.60. The molecule has 1 aromatic carbocycles. The van der Waals surface area contributed by atoms with Gasteiger partial charge in [0.1, 0.15) is 0 Å². The van der Waals surface area contributed by atoms with Gasteiger partial charge in [0.2, 0.25) is 0 Å². The molecule has 1 rings (SSSR count). The minimum atomic E-state index is -4.71. The first-order valence-corrected chi connectivity index (χ1v) is 6.30. The van der Waals surface area contributed by atoms with Gasteiger partial charge in [0.15, 0.2) is 0 Å². The molecular weight excluding hydrogens is 263 g/mol. The largest absolute Gasteiger partial charge is 0.465 e. The topological polar surface area (TPSA) is 110 Å². The zero-order valence-corrected chi connectivity index (χ0v) is 10.5. The number of hydrogen-bond acceptors (Lipinski definition) is 5. The highest BCUT2D eigenvalue weighted by Crippen LogP contribution is 2.35. The van der Waals surface area contributed by atoms with E-state index in [1.165, 1.54) is 12.1 Å². The molecule has 0 atom stereocenters. The van der Waals surface area contributed by atoms with Crippen molar-refractivity contribution in [3.05, 3.63) is 29.3 Å². The van der Waals surface area contributed by atoms with Crippen LogP contribution in [0.5, 0.6) is 0 Å².